The van der Waals surface area contributed by atoms with E-state index in [0.29, 0.717) is 19.5 Å². The lowest BCUT2D eigenvalue weighted by molar-refractivity contribution is -0.118. The van der Waals surface area contributed by atoms with Crippen LogP contribution in [0, 0.1) is 11.3 Å². The van der Waals surface area contributed by atoms with Crippen LogP contribution < -0.4 is 10.6 Å². The number of hydrogen-bond donors (Lipinski definition) is 2. The van der Waals surface area contributed by atoms with Gasteiger partial charge in [-0.05, 0) is 0 Å². The molecule has 0 aliphatic heterocycles. The Labute approximate surface area is 66.6 Å². The second-order valence-electron chi connectivity index (χ2n) is 2.14. The first kappa shape index (κ1) is 9.92. The molecule has 0 fully saturated rings. The van der Waals surface area contributed by atoms with Gasteiger partial charge in [0.05, 0.1) is 6.07 Å². The molecule has 0 aliphatic rings. The number of amides is 1. The number of rotatable bonds is 5. The van der Waals surface area contributed by atoms with Gasteiger partial charge in [0, 0.05) is 33.0 Å². The van der Waals surface area contributed by atoms with E-state index < -0.39 is 0 Å². The standard InChI is InChI=1S/C7H13N3O/c1-7(11)10-6-5-9-4-2-3-8/h9H,2,4-6H2,1H3,(H,10,11). The fraction of sp³-hybridized carbons (Fsp3) is 0.714. The molecule has 4 nitrogen and oxygen atoms in total. The Hall–Kier alpha value is -1.08. The number of carbonyl (C=O) groups excluding carboxylic acids is 1. The van der Waals surface area contributed by atoms with Crippen LogP contribution in [0.25, 0.3) is 0 Å². The molecule has 0 bridgehead atoms. The third kappa shape index (κ3) is 8.92. The van der Waals surface area contributed by atoms with Crippen molar-refractivity contribution in [2.75, 3.05) is 19.6 Å². The minimum atomic E-state index is -0.0212. The number of carbonyl (C=O) groups is 1. The highest BCUT2D eigenvalue weighted by Crippen LogP contribution is 1.68. The zero-order valence-corrected chi connectivity index (χ0v) is 6.68. The predicted octanol–water partition coefficient (Wildman–Crippen LogP) is -0.374. The topological polar surface area (TPSA) is 64.9 Å². The molecule has 0 unspecified atom stereocenters. The first-order valence-corrected chi connectivity index (χ1v) is 3.59. The van der Waals surface area contributed by atoms with Crippen molar-refractivity contribution >= 4 is 5.91 Å². The van der Waals surface area contributed by atoms with Gasteiger partial charge >= 0.3 is 0 Å². The van der Waals surface area contributed by atoms with Crippen molar-refractivity contribution in [3.63, 3.8) is 0 Å². The molecule has 2 N–H and O–H groups in total. The maximum absolute atomic E-state index is 10.3. The van der Waals surface area contributed by atoms with Crippen molar-refractivity contribution in [3.05, 3.63) is 0 Å². The van der Waals surface area contributed by atoms with Gasteiger partial charge in [0.2, 0.25) is 5.91 Å². The second-order valence-corrected chi connectivity index (χ2v) is 2.14. The fourth-order valence-electron chi connectivity index (χ4n) is 0.596. The normalized spacial score (nSPS) is 8.73. The molecule has 0 atom stereocenters. The minimum absolute atomic E-state index is 0.0212. The highest BCUT2D eigenvalue weighted by molar-refractivity contribution is 5.72. The summed E-state index contributed by atoms with van der Waals surface area (Å²) in [5.41, 5.74) is 0. The van der Waals surface area contributed by atoms with Crippen molar-refractivity contribution in [3.8, 4) is 6.07 Å². The van der Waals surface area contributed by atoms with Gasteiger partial charge in [0.15, 0.2) is 0 Å². The molecule has 0 rings (SSSR count). The monoisotopic (exact) mass is 155 g/mol. The molecule has 0 aromatic heterocycles. The van der Waals surface area contributed by atoms with Gasteiger partial charge in [-0.2, -0.15) is 5.26 Å². The van der Waals surface area contributed by atoms with Gasteiger partial charge in [-0.15, -0.1) is 0 Å². The van der Waals surface area contributed by atoms with Gasteiger partial charge in [-0.3, -0.25) is 4.79 Å². The van der Waals surface area contributed by atoms with Crippen molar-refractivity contribution < 1.29 is 4.79 Å². The van der Waals surface area contributed by atoms with E-state index in [1.807, 2.05) is 6.07 Å². The maximum atomic E-state index is 10.3. The molecule has 0 aromatic carbocycles. The predicted molar refractivity (Wildman–Crippen MR) is 41.8 cm³/mol. The lowest BCUT2D eigenvalue weighted by Crippen LogP contribution is -2.30. The zero-order valence-electron chi connectivity index (χ0n) is 6.68. The molecule has 0 aromatic rings. The summed E-state index contributed by atoms with van der Waals surface area (Å²) < 4.78 is 0. The van der Waals surface area contributed by atoms with Crippen LogP contribution in [0.15, 0.2) is 0 Å². The Balaban J connectivity index is 2.92. The van der Waals surface area contributed by atoms with Gasteiger partial charge in [0.25, 0.3) is 0 Å². The summed E-state index contributed by atoms with van der Waals surface area (Å²) in [7, 11) is 0. The summed E-state index contributed by atoms with van der Waals surface area (Å²) in [5.74, 6) is -0.0212. The van der Waals surface area contributed by atoms with Crippen molar-refractivity contribution in [1.29, 1.82) is 5.26 Å². The highest BCUT2D eigenvalue weighted by Gasteiger charge is 1.88. The zero-order chi connectivity index (χ0) is 8.53. The average Bonchev–Trinajstić information content (AvgIpc) is 1.96. The molecule has 0 saturated heterocycles. The third-order valence-corrected chi connectivity index (χ3v) is 1.09. The average molecular weight is 155 g/mol. The molecule has 0 radical (unpaired) electrons. The molecule has 0 heterocycles. The summed E-state index contributed by atoms with van der Waals surface area (Å²) in [4.78, 5) is 10.3. The van der Waals surface area contributed by atoms with Crippen molar-refractivity contribution in [1.82, 2.24) is 10.6 Å². The summed E-state index contributed by atoms with van der Waals surface area (Å²) in [6, 6.07) is 2.02. The lowest BCUT2D eigenvalue weighted by Gasteiger charge is -2.01. The molecule has 0 saturated carbocycles. The molecule has 4 heteroatoms. The van der Waals surface area contributed by atoms with Crippen LogP contribution in [-0.2, 0) is 4.79 Å². The molecule has 11 heavy (non-hydrogen) atoms. The molecular weight excluding hydrogens is 142 g/mol. The molecular formula is C7H13N3O. The summed E-state index contributed by atoms with van der Waals surface area (Å²) in [6.45, 7) is 3.52. The number of nitrogens with zero attached hydrogens (tertiary/aromatic N) is 1. The van der Waals surface area contributed by atoms with Crippen molar-refractivity contribution in [2.45, 2.75) is 13.3 Å². The van der Waals surface area contributed by atoms with E-state index in [1.54, 1.807) is 0 Å². The van der Waals surface area contributed by atoms with E-state index in [-0.39, 0.29) is 5.91 Å². The highest BCUT2D eigenvalue weighted by atomic mass is 16.1. The van der Waals surface area contributed by atoms with Crippen LogP contribution in [0.2, 0.25) is 0 Å². The Kier molecular flexibility index (Phi) is 6.34. The Morgan fingerprint density at radius 1 is 1.45 bits per heavy atom. The largest absolute Gasteiger partial charge is 0.355 e. The molecule has 62 valence electrons. The van der Waals surface area contributed by atoms with E-state index >= 15 is 0 Å². The van der Waals surface area contributed by atoms with Gasteiger partial charge in [0.1, 0.15) is 0 Å². The summed E-state index contributed by atoms with van der Waals surface area (Å²) in [5, 5.41) is 13.8. The lowest BCUT2D eigenvalue weighted by atomic mass is 10.4. The first-order chi connectivity index (χ1) is 5.27. The van der Waals surface area contributed by atoms with E-state index in [9.17, 15) is 4.79 Å². The molecule has 0 spiro atoms. The van der Waals surface area contributed by atoms with Gasteiger partial charge in [-0.25, -0.2) is 0 Å². The van der Waals surface area contributed by atoms with Crippen LogP contribution in [0.3, 0.4) is 0 Å². The van der Waals surface area contributed by atoms with Gasteiger partial charge in [-0.1, -0.05) is 0 Å². The quantitative estimate of drug-likeness (QED) is 0.532. The first-order valence-electron chi connectivity index (χ1n) is 3.59. The van der Waals surface area contributed by atoms with Crippen LogP contribution in [0.4, 0.5) is 0 Å². The number of nitrogens with one attached hydrogen (secondary N) is 2. The second kappa shape index (κ2) is 7.03. The Morgan fingerprint density at radius 2 is 2.18 bits per heavy atom. The number of hydrogen-bond acceptors (Lipinski definition) is 3. The Bertz CT molecular complexity index is 150. The Morgan fingerprint density at radius 3 is 2.73 bits per heavy atom. The van der Waals surface area contributed by atoms with Crippen LogP contribution in [0.5, 0.6) is 0 Å². The SMILES string of the molecule is CC(=O)NCCNCCC#N. The summed E-state index contributed by atoms with van der Waals surface area (Å²) in [6.07, 6.45) is 0.514. The molecule has 1 amide bonds. The van der Waals surface area contributed by atoms with Crippen LogP contribution in [-0.4, -0.2) is 25.5 Å². The van der Waals surface area contributed by atoms with Crippen LogP contribution >= 0.6 is 0 Å². The van der Waals surface area contributed by atoms with E-state index in [2.05, 4.69) is 10.6 Å². The minimum Gasteiger partial charge on any atom is -0.355 e. The molecule has 0 aliphatic carbocycles. The third-order valence-electron chi connectivity index (χ3n) is 1.09. The van der Waals surface area contributed by atoms with E-state index in [0.717, 1.165) is 6.54 Å². The number of nitriles is 1. The van der Waals surface area contributed by atoms with Crippen molar-refractivity contribution in [2.24, 2.45) is 0 Å². The van der Waals surface area contributed by atoms with Gasteiger partial charge < -0.3 is 10.6 Å². The fourth-order valence-corrected chi connectivity index (χ4v) is 0.596. The van der Waals surface area contributed by atoms with E-state index in [4.69, 9.17) is 5.26 Å². The van der Waals surface area contributed by atoms with E-state index in [1.165, 1.54) is 6.92 Å². The smallest absolute Gasteiger partial charge is 0.216 e. The maximum Gasteiger partial charge on any atom is 0.216 e. The van der Waals surface area contributed by atoms with Crippen LogP contribution in [0.1, 0.15) is 13.3 Å². The summed E-state index contributed by atoms with van der Waals surface area (Å²) >= 11 is 0.